The molecule has 0 bridgehead atoms. The lowest BCUT2D eigenvalue weighted by atomic mass is 10.0. The van der Waals surface area contributed by atoms with Crippen LogP contribution in [0.5, 0.6) is 0 Å². The van der Waals surface area contributed by atoms with E-state index in [0.29, 0.717) is 0 Å². The van der Waals surface area contributed by atoms with E-state index in [2.05, 4.69) is 4.74 Å². The Bertz CT molecular complexity index is 290. The third-order valence-electron chi connectivity index (χ3n) is 2.33. The van der Waals surface area contributed by atoms with Gasteiger partial charge in [0.2, 0.25) is 6.54 Å². The molecule has 0 aromatic rings. The van der Waals surface area contributed by atoms with E-state index in [1.54, 1.807) is 13.8 Å². The summed E-state index contributed by atoms with van der Waals surface area (Å²) >= 11 is 0. The van der Waals surface area contributed by atoms with Crippen LogP contribution in [0.3, 0.4) is 0 Å². The molecular weight excluding hydrogens is 218 g/mol. The average Bonchev–Trinajstić information content (AvgIpc) is 2.53. The quantitative estimate of drug-likeness (QED) is 0.391. The summed E-state index contributed by atoms with van der Waals surface area (Å²) in [4.78, 5) is 21.3. The predicted molar refractivity (Wildman–Crippen MR) is 52.3 cm³/mol. The summed E-state index contributed by atoms with van der Waals surface area (Å²) in [6, 6.07) is 0. The minimum absolute atomic E-state index is 0.153. The molecule has 0 amide bonds. The van der Waals surface area contributed by atoms with Gasteiger partial charge in [0.25, 0.3) is 0 Å². The Morgan fingerprint density at radius 3 is 2.69 bits per heavy atom. The molecule has 0 spiro atoms. The normalized spacial score (nSPS) is 25.1. The number of rotatable bonds is 4. The highest BCUT2D eigenvalue weighted by atomic mass is 16.7. The molecule has 2 atom stereocenters. The van der Waals surface area contributed by atoms with E-state index >= 15 is 0 Å². The summed E-state index contributed by atoms with van der Waals surface area (Å²) < 4.78 is 15.2. The van der Waals surface area contributed by atoms with Gasteiger partial charge in [-0.3, -0.25) is 14.9 Å². The molecule has 0 saturated carbocycles. The Hall–Kier alpha value is -1.21. The Kier molecular flexibility index (Phi) is 3.82. The summed E-state index contributed by atoms with van der Waals surface area (Å²) in [5.41, 5.74) is 0. The number of ether oxygens (including phenoxy) is 3. The number of hydrogen-bond acceptors (Lipinski definition) is 6. The van der Waals surface area contributed by atoms with E-state index in [4.69, 9.17) is 9.47 Å². The maximum absolute atomic E-state index is 11.4. The van der Waals surface area contributed by atoms with Crippen molar-refractivity contribution in [1.29, 1.82) is 0 Å². The van der Waals surface area contributed by atoms with Gasteiger partial charge in [-0.25, -0.2) is 0 Å². The van der Waals surface area contributed by atoms with Crippen molar-refractivity contribution in [3.8, 4) is 0 Å². The summed E-state index contributed by atoms with van der Waals surface area (Å²) in [7, 11) is 1.19. The average molecular weight is 233 g/mol. The molecule has 1 fully saturated rings. The molecule has 0 radical (unpaired) electrons. The second-order valence-electron chi connectivity index (χ2n) is 4.01. The van der Waals surface area contributed by atoms with E-state index in [9.17, 15) is 14.9 Å². The van der Waals surface area contributed by atoms with Gasteiger partial charge in [-0.2, -0.15) is 0 Å². The van der Waals surface area contributed by atoms with Gasteiger partial charge in [-0.1, -0.05) is 0 Å². The van der Waals surface area contributed by atoms with E-state index in [1.807, 2.05) is 0 Å². The van der Waals surface area contributed by atoms with Gasteiger partial charge in [0.15, 0.2) is 5.79 Å². The molecule has 1 rings (SSSR count). The molecule has 16 heavy (non-hydrogen) atoms. The fourth-order valence-corrected chi connectivity index (χ4v) is 1.57. The summed E-state index contributed by atoms with van der Waals surface area (Å²) in [6.45, 7) is 3.01. The number of carbonyl (C=O) groups is 1. The van der Waals surface area contributed by atoms with Crippen molar-refractivity contribution in [2.24, 2.45) is 5.92 Å². The van der Waals surface area contributed by atoms with Crippen LogP contribution in [0, 0.1) is 16.0 Å². The molecule has 1 aliphatic rings. The molecule has 0 unspecified atom stereocenters. The van der Waals surface area contributed by atoms with Gasteiger partial charge in [0, 0.05) is 4.92 Å². The predicted octanol–water partition coefficient (Wildman–Crippen LogP) is 0.204. The Morgan fingerprint density at radius 1 is 1.69 bits per heavy atom. The van der Waals surface area contributed by atoms with Crippen LogP contribution < -0.4 is 0 Å². The van der Waals surface area contributed by atoms with E-state index in [-0.39, 0.29) is 6.61 Å². The van der Waals surface area contributed by atoms with Crippen molar-refractivity contribution in [2.45, 2.75) is 25.7 Å². The number of nitro groups is 1. The zero-order chi connectivity index (χ0) is 12.3. The van der Waals surface area contributed by atoms with Crippen LogP contribution in [-0.4, -0.2) is 43.0 Å². The number of nitrogens with zero attached hydrogens (tertiary/aromatic N) is 1. The van der Waals surface area contributed by atoms with Crippen molar-refractivity contribution < 1.29 is 23.9 Å². The molecule has 1 aliphatic heterocycles. The van der Waals surface area contributed by atoms with Gasteiger partial charge in [0.1, 0.15) is 12.0 Å². The fourth-order valence-electron chi connectivity index (χ4n) is 1.57. The summed E-state index contributed by atoms with van der Waals surface area (Å²) in [5.74, 6) is -2.39. The first-order valence-corrected chi connectivity index (χ1v) is 4.87. The van der Waals surface area contributed by atoms with Crippen LogP contribution in [0.4, 0.5) is 0 Å². The number of esters is 1. The van der Waals surface area contributed by atoms with Crippen LogP contribution in [0.15, 0.2) is 0 Å². The van der Waals surface area contributed by atoms with Gasteiger partial charge in [-0.15, -0.1) is 0 Å². The fraction of sp³-hybridized carbons (Fsp3) is 0.889. The van der Waals surface area contributed by atoms with Gasteiger partial charge >= 0.3 is 5.97 Å². The first kappa shape index (κ1) is 12.9. The molecule has 0 N–H and O–H groups in total. The van der Waals surface area contributed by atoms with Crippen LogP contribution in [0.2, 0.25) is 0 Å². The first-order valence-electron chi connectivity index (χ1n) is 4.87. The molecule has 7 nitrogen and oxygen atoms in total. The largest absolute Gasteiger partial charge is 0.469 e. The maximum atomic E-state index is 11.4. The van der Waals surface area contributed by atoms with Crippen LogP contribution >= 0.6 is 0 Å². The zero-order valence-corrected chi connectivity index (χ0v) is 9.47. The number of hydrogen-bond donors (Lipinski definition) is 0. The van der Waals surface area contributed by atoms with Gasteiger partial charge in [-0.05, 0) is 13.8 Å². The molecule has 0 aromatic carbocycles. The van der Waals surface area contributed by atoms with Crippen molar-refractivity contribution >= 4 is 5.97 Å². The summed E-state index contributed by atoms with van der Waals surface area (Å²) in [6.07, 6.45) is -0.632. The molecule has 1 heterocycles. The summed E-state index contributed by atoms with van der Waals surface area (Å²) in [5, 5.41) is 10.4. The van der Waals surface area contributed by atoms with Crippen molar-refractivity contribution in [1.82, 2.24) is 0 Å². The smallest absolute Gasteiger partial charge is 0.318 e. The zero-order valence-electron chi connectivity index (χ0n) is 9.47. The highest BCUT2D eigenvalue weighted by Crippen LogP contribution is 2.27. The van der Waals surface area contributed by atoms with E-state index in [1.165, 1.54) is 7.11 Å². The van der Waals surface area contributed by atoms with Crippen molar-refractivity contribution in [3.63, 3.8) is 0 Å². The molecule has 92 valence electrons. The minimum atomic E-state index is -0.929. The minimum Gasteiger partial charge on any atom is -0.469 e. The Morgan fingerprint density at radius 2 is 2.31 bits per heavy atom. The Balaban J connectivity index is 2.70. The molecule has 0 aliphatic carbocycles. The van der Waals surface area contributed by atoms with Gasteiger partial charge < -0.3 is 14.2 Å². The molecule has 7 heteroatoms. The van der Waals surface area contributed by atoms with Crippen LogP contribution in [0.25, 0.3) is 0 Å². The lowest BCUT2D eigenvalue weighted by molar-refractivity contribution is -0.488. The van der Waals surface area contributed by atoms with Crippen LogP contribution in [-0.2, 0) is 19.0 Å². The van der Waals surface area contributed by atoms with Gasteiger partial charge in [0.05, 0.1) is 13.7 Å². The lowest BCUT2D eigenvalue weighted by Crippen LogP contribution is -2.37. The molecule has 0 aromatic heterocycles. The maximum Gasteiger partial charge on any atom is 0.318 e. The highest BCUT2D eigenvalue weighted by Gasteiger charge is 2.43. The monoisotopic (exact) mass is 233 g/mol. The number of methoxy groups -OCH3 is 1. The van der Waals surface area contributed by atoms with Crippen LogP contribution in [0.1, 0.15) is 13.8 Å². The van der Waals surface area contributed by atoms with E-state index < -0.39 is 35.2 Å². The standard InChI is InChI=1S/C9H15NO6/c1-9(2)15-5-7(16-9)6(4-10(12)13)8(11)14-3/h6-7H,4-5H2,1-3H3/t6-,7+/m1/s1. The molecule has 1 saturated heterocycles. The second-order valence-corrected chi connectivity index (χ2v) is 4.01. The highest BCUT2D eigenvalue weighted by molar-refractivity contribution is 5.73. The van der Waals surface area contributed by atoms with E-state index in [0.717, 1.165) is 0 Å². The Labute approximate surface area is 92.8 Å². The van der Waals surface area contributed by atoms with Crippen molar-refractivity contribution in [3.05, 3.63) is 10.1 Å². The third-order valence-corrected chi connectivity index (χ3v) is 2.33. The molecular formula is C9H15NO6. The topological polar surface area (TPSA) is 87.9 Å². The lowest BCUT2D eigenvalue weighted by Gasteiger charge is -2.20. The van der Waals surface area contributed by atoms with Crippen molar-refractivity contribution in [2.75, 3.05) is 20.3 Å². The SMILES string of the molecule is COC(=O)[C@H](C[N+](=O)[O-])[C@@H]1COC(C)(C)O1. The number of carbonyl (C=O) groups excluding carboxylic acids is 1. The second kappa shape index (κ2) is 4.75. The first-order chi connectivity index (χ1) is 7.35. The third kappa shape index (κ3) is 3.14.